The van der Waals surface area contributed by atoms with Crippen molar-refractivity contribution in [3.05, 3.63) is 17.5 Å². The molecule has 0 radical (unpaired) electrons. The van der Waals surface area contributed by atoms with Crippen LogP contribution in [0.25, 0.3) is 5.78 Å². The molecular weight excluding hydrogens is 252 g/mol. The largest absolute Gasteiger partial charge is 0.477 e. The van der Waals surface area contributed by atoms with Crippen LogP contribution >= 0.6 is 11.6 Å². The second-order valence-corrected chi connectivity index (χ2v) is 4.54. The van der Waals surface area contributed by atoms with E-state index in [0.717, 1.165) is 6.42 Å². The topological polar surface area (TPSA) is 52.3 Å². The first-order valence-electron chi connectivity index (χ1n) is 6.30. The highest BCUT2D eigenvalue weighted by atomic mass is 35.5. The molecule has 0 bridgehead atoms. The average molecular weight is 269 g/mol. The van der Waals surface area contributed by atoms with Gasteiger partial charge < -0.3 is 4.74 Å². The molecular formula is C12H17ClN4O. The van der Waals surface area contributed by atoms with E-state index in [2.05, 4.69) is 22.0 Å². The number of hydrogen-bond donors (Lipinski definition) is 0. The summed E-state index contributed by atoms with van der Waals surface area (Å²) in [6, 6.07) is 1.66. The fourth-order valence-electron chi connectivity index (χ4n) is 1.74. The predicted octanol–water partition coefficient (Wildman–Crippen LogP) is 3.13. The van der Waals surface area contributed by atoms with Gasteiger partial charge in [0.2, 0.25) is 5.88 Å². The van der Waals surface area contributed by atoms with Crippen molar-refractivity contribution in [1.82, 2.24) is 19.6 Å². The van der Waals surface area contributed by atoms with Gasteiger partial charge in [-0.05, 0) is 6.42 Å². The lowest BCUT2D eigenvalue weighted by Gasteiger charge is -2.07. The van der Waals surface area contributed by atoms with E-state index in [4.69, 9.17) is 16.3 Å². The molecule has 0 fully saturated rings. The maximum atomic E-state index is 5.89. The fraction of sp³-hybridized carbons (Fsp3) is 0.583. The SMILES string of the molecule is CCCCCCCOc1cc(Cl)nc2ncnn12. The van der Waals surface area contributed by atoms with Crippen LogP contribution in [-0.2, 0) is 0 Å². The Hall–Kier alpha value is -1.36. The number of halogens is 1. The van der Waals surface area contributed by atoms with Crippen molar-refractivity contribution < 1.29 is 4.74 Å². The molecule has 0 aliphatic heterocycles. The van der Waals surface area contributed by atoms with E-state index in [-0.39, 0.29) is 0 Å². The molecule has 0 spiro atoms. The summed E-state index contributed by atoms with van der Waals surface area (Å²) in [5.74, 6) is 1.06. The highest BCUT2D eigenvalue weighted by Gasteiger charge is 2.06. The zero-order chi connectivity index (χ0) is 12.8. The molecule has 2 aromatic rings. The molecule has 0 aliphatic rings. The standard InChI is InChI=1S/C12H17ClN4O/c1-2-3-4-5-6-7-18-11-8-10(13)16-12-14-9-15-17(11)12/h8-9H,2-7H2,1H3. The molecule has 0 aromatic carbocycles. The van der Waals surface area contributed by atoms with Gasteiger partial charge in [-0.25, -0.2) is 0 Å². The minimum atomic E-state index is 0.372. The van der Waals surface area contributed by atoms with Gasteiger partial charge in [0.05, 0.1) is 6.61 Å². The molecule has 5 nitrogen and oxygen atoms in total. The number of rotatable bonds is 7. The van der Waals surface area contributed by atoms with Crippen molar-refractivity contribution >= 4 is 17.4 Å². The predicted molar refractivity (Wildman–Crippen MR) is 70.0 cm³/mol. The molecule has 0 saturated heterocycles. The third-order valence-corrected chi connectivity index (χ3v) is 2.88. The van der Waals surface area contributed by atoms with Gasteiger partial charge in [0, 0.05) is 6.07 Å². The van der Waals surface area contributed by atoms with Crippen LogP contribution < -0.4 is 4.74 Å². The third kappa shape index (κ3) is 3.32. The van der Waals surface area contributed by atoms with Crippen molar-refractivity contribution in [2.75, 3.05) is 6.61 Å². The number of aromatic nitrogens is 4. The summed E-state index contributed by atoms with van der Waals surface area (Å²) in [6.07, 6.45) is 7.46. The molecule has 0 unspecified atom stereocenters. The average Bonchev–Trinajstić information content (AvgIpc) is 2.81. The number of hydrogen-bond acceptors (Lipinski definition) is 4. The summed E-state index contributed by atoms with van der Waals surface area (Å²) < 4.78 is 7.23. The second-order valence-electron chi connectivity index (χ2n) is 4.15. The lowest BCUT2D eigenvalue weighted by Crippen LogP contribution is -2.04. The lowest BCUT2D eigenvalue weighted by molar-refractivity contribution is 0.285. The Morgan fingerprint density at radius 3 is 2.94 bits per heavy atom. The summed E-state index contributed by atoms with van der Waals surface area (Å²) in [7, 11) is 0. The Kier molecular flexibility index (Phi) is 4.75. The molecule has 6 heteroatoms. The van der Waals surface area contributed by atoms with Gasteiger partial charge >= 0.3 is 0 Å². The lowest BCUT2D eigenvalue weighted by atomic mass is 10.2. The van der Waals surface area contributed by atoms with Gasteiger partial charge in [0.15, 0.2) is 0 Å². The van der Waals surface area contributed by atoms with E-state index in [1.807, 2.05) is 0 Å². The Morgan fingerprint density at radius 1 is 1.28 bits per heavy atom. The van der Waals surface area contributed by atoms with Crippen LogP contribution in [0.2, 0.25) is 5.15 Å². The maximum absolute atomic E-state index is 5.89. The summed E-state index contributed by atoms with van der Waals surface area (Å²) in [5.41, 5.74) is 0. The number of nitrogens with zero attached hydrogens (tertiary/aromatic N) is 4. The molecule has 0 atom stereocenters. The monoisotopic (exact) mass is 268 g/mol. The Morgan fingerprint density at radius 2 is 2.11 bits per heavy atom. The summed E-state index contributed by atoms with van der Waals surface area (Å²) in [5, 5.41) is 4.42. The summed E-state index contributed by atoms with van der Waals surface area (Å²) in [6.45, 7) is 2.87. The van der Waals surface area contributed by atoms with E-state index in [9.17, 15) is 0 Å². The highest BCUT2D eigenvalue weighted by Crippen LogP contribution is 2.17. The first-order chi connectivity index (χ1) is 8.81. The summed E-state index contributed by atoms with van der Waals surface area (Å²) >= 11 is 5.89. The quantitative estimate of drug-likeness (QED) is 0.572. The van der Waals surface area contributed by atoms with Gasteiger partial charge in [-0.3, -0.25) is 0 Å². The molecule has 2 aromatic heterocycles. The third-order valence-electron chi connectivity index (χ3n) is 2.69. The molecule has 0 aliphatic carbocycles. The summed E-state index contributed by atoms with van der Waals surface area (Å²) in [4.78, 5) is 8.03. The van der Waals surface area contributed by atoms with Crippen molar-refractivity contribution in [2.45, 2.75) is 39.0 Å². The van der Waals surface area contributed by atoms with Crippen LogP contribution in [0.4, 0.5) is 0 Å². The van der Waals surface area contributed by atoms with E-state index < -0.39 is 0 Å². The van der Waals surface area contributed by atoms with Crippen molar-refractivity contribution in [3.63, 3.8) is 0 Å². The Bertz CT molecular complexity index is 500. The molecule has 0 saturated carbocycles. The number of fused-ring (bicyclic) bond motifs is 1. The van der Waals surface area contributed by atoms with E-state index in [1.165, 1.54) is 32.0 Å². The molecule has 0 N–H and O–H groups in total. The number of ether oxygens (including phenoxy) is 1. The van der Waals surface area contributed by atoms with Crippen LogP contribution in [0, 0.1) is 0 Å². The van der Waals surface area contributed by atoms with Crippen LogP contribution in [0.15, 0.2) is 12.4 Å². The Balaban J connectivity index is 1.89. The smallest absolute Gasteiger partial charge is 0.256 e. The van der Waals surface area contributed by atoms with Crippen LogP contribution in [-0.4, -0.2) is 26.2 Å². The zero-order valence-electron chi connectivity index (χ0n) is 10.5. The number of unbranched alkanes of at least 4 members (excludes halogenated alkanes) is 4. The Labute approximate surface area is 111 Å². The van der Waals surface area contributed by atoms with Crippen LogP contribution in [0.5, 0.6) is 5.88 Å². The van der Waals surface area contributed by atoms with E-state index >= 15 is 0 Å². The first kappa shape index (κ1) is 13.1. The van der Waals surface area contributed by atoms with Gasteiger partial charge in [0.25, 0.3) is 5.78 Å². The maximum Gasteiger partial charge on any atom is 0.256 e. The van der Waals surface area contributed by atoms with Crippen molar-refractivity contribution in [2.24, 2.45) is 0 Å². The molecule has 98 valence electrons. The minimum Gasteiger partial charge on any atom is -0.477 e. The normalized spacial score (nSPS) is 11.0. The first-order valence-corrected chi connectivity index (χ1v) is 6.68. The van der Waals surface area contributed by atoms with Gasteiger partial charge in [0.1, 0.15) is 11.5 Å². The van der Waals surface area contributed by atoms with Gasteiger partial charge in [-0.2, -0.15) is 19.6 Å². The molecule has 18 heavy (non-hydrogen) atoms. The van der Waals surface area contributed by atoms with Gasteiger partial charge in [-0.1, -0.05) is 44.2 Å². The van der Waals surface area contributed by atoms with E-state index in [0.29, 0.717) is 23.4 Å². The zero-order valence-corrected chi connectivity index (χ0v) is 11.2. The highest BCUT2D eigenvalue weighted by molar-refractivity contribution is 6.29. The molecule has 0 amide bonds. The van der Waals surface area contributed by atoms with Crippen LogP contribution in [0.3, 0.4) is 0 Å². The fourth-order valence-corrected chi connectivity index (χ4v) is 1.91. The molecule has 2 rings (SSSR count). The van der Waals surface area contributed by atoms with Crippen LogP contribution in [0.1, 0.15) is 39.0 Å². The molecule has 2 heterocycles. The van der Waals surface area contributed by atoms with Gasteiger partial charge in [-0.15, -0.1) is 0 Å². The van der Waals surface area contributed by atoms with E-state index in [1.54, 1.807) is 10.6 Å². The van der Waals surface area contributed by atoms with Crippen molar-refractivity contribution in [3.8, 4) is 5.88 Å². The van der Waals surface area contributed by atoms with Crippen molar-refractivity contribution in [1.29, 1.82) is 0 Å². The second kappa shape index (κ2) is 6.54. The minimum absolute atomic E-state index is 0.372.